The molecule has 4 amide bonds. The zero-order chi connectivity index (χ0) is 32.0. The molecule has 3 fully saturated rings. The number of urea groups is 1. The highest BCUT2D eigenvalue weighted by atomic mass is 35.5. The van der Waals surface area contributed by atoms with Gasteiger partial charge in [-0.2, -0.15) is 18.3 Å². The molecule has 45 heavy (non-hydrogen) atoms. The van der Waals surface area contributed by atoms with Gasteiger partial charge in [-0.15, -0.1) is 0 Å². The summed E-state index contributed by atoms with van der Waals surface area (Å²) in [5, 5.41) is 6.54. The fraction of sp³-hybridized carbons (Fsp3) is 0.483. The monoisotopic (exact) mass is 647 g/mol. The van der Waals surface area contributed by atoms with E-state index in [1.165, 1.54) is 46.9 Å². The van der Waals surface area contributed by atoms with Crippen molar-refractivity contribution in [2.45, 2.75) is 25.1 Å². The standard InChI is InChI=1S/C29H33ClF3N9O3/c1-37-7-9-40(10-8-37)28(45)41-13-11-39(12-14-41)27(44)20-6-3-18(15-22(20)30)35-26(43)25-34-16-23(38(25)2)21-17-42(19-4-5-19)36-24(21)29(31,32)33/h3,6,15-17,19H,4-5,7-14H2,1-2H3,(H,35,43). The van der Waals surface area contributed by atoms with Crippen molar-refractivity contribution in [3.63, 3.8) is 0 Å². The van der Waals surface area contributed by atoms with Gasteiger partial charge in [-0.3, -0.25) is 14.3 Å². The molecule has 2 saturated heterocycles. The quantitative estimate of drug-likeness (QED) is 0.453. The first-order valence-electron chi connectivity index (χ1n) is 14.7. The molecule has 240 valence electrons. The van der Waals surface area contributed by atoms with Crippen LogP contribution in [0.3, 0.4) is 0 Å². The second-order valence-corrected chi connectivity index (χ2v) is 12.0. The first kappa shape index (κ1) is 30.9. The Bertz CT molecular complexity index is 1620. The minimum Gasteiger partial charge on any atom is -0.335 e. The van der Waals surface area contributed by atoms with Gasteiger partial charge in [-0.25, -0.2) is 9.78 Å². The Balaban J connectivity index is 1.09. The van der Waals surface area contributed by atoms with Gasteiger partial charge in [0.05, 0.1) is 34.1 Å². The molecule has 1 aliphatic carbocycles. The fourth-order valence-electron chi connectivity index (χ4n) is 5.61. The number of anilines is 1. The average molecular weight is 648 g/mol. The number of likely N-dealkylation sites (N-methyl/N-ethyl adjacent to an activating group) is 1. The van der Waals surface area contributed by atoms with E-state index in [0.29, 0.717) is 39.3 Å². The van der Waals surface area contributed by atoms with Crippen molar-refractivity contribution in [2.75, 3.05) is 64.7 Å². The molecule has 0 spiro atoms. The molecule has 12 nitrogen and oxygen atoms in total. The number of rotatable bonds is 5. The number of carbonyl (C=O) groups excluding carboxylic acids is 3. The normalized spacial score (nSPS) is 18.0. The predicted molar refractivity (Wildman–Crippen MR) is 159 cm³/mol. The Hall–Kier alpha value is -4.11. The van der Waals surface area contributed by atoms with Crippen LogP contribution >= 0.6 is 11.6 Å². The molecule has 4 heterocycles. The third-order valence-corrected chi connectivity index (χ3v) is 8.77. The third-order valence-electron chi connectivity index (χ3n) is 8.46. The van der Waals surface area contributed by atoms with Crippen LogP contribution < -0.4 is 5.32 Å². The van der Waals surface area contributed by atoms with Gasteiger partial charge in [0.25, 0.3) is 11.8 Å². The highest BCUT2D eigenvalue weighted by molar-refractivity contribution is 6.34. The molecule has 0 atom stereocenters. The zero-order valence-electron chi connectivity index (χ0n) is 24.8. The van der Waals surface area contributed by atoms with Crippen LogP contribution in [0.25, 0.3) is 11.3 Å². The Morgan fingerprint density at radius 3 is 2.16 bits per heavy atom. The molecule has 1 N–H and O–H groups in total. The van der Waals surface area contributed by atoms with E-state index >= 15 is 0 Å². The Kier molecular flexibility index (Phi) is 8.24. The predicted octanol–water partition coefficient (Wildman–Crippen LogP) is 3.67. The van der Waals surface area contributed by atoms with Crippen LogP contribution in [0.1, 0.15) is 45.6 Å². The van der Waals surface area contributed by atoms with Crippen molar-refractivity contribution in [1.29, 1.82) is 0 Å². The lowest BCUT2D eigenvalue weighted by molar-refractivity contribution is -0.141. The van der Waals surface area contributed by atoms with Crippen LogP contribution in [0.15, 0.2) is 30.6 Å². The average Bonchev–Trinajstić information content (AvgIpc) is 3.64. The van der Waals surface area contributed by atoms with E-state index in [9.17, 15) is 27.6 Å². The lowest BCUT2D eigenvalue weighted by Gasteiger charge is -2.40. The number of alkyl halides is 3. The second-order valence-electron chi connectivity index (χ2n) is 11.6. The van der Waals surface area contributed by atoms with Gasteiger partial charge in [0.1, 0.15) is 0 Å². The molecular weight excluding hydrogens is 615 g/mol. The zero-order valence-corrected chi connectivity index (χ0v) is 25.6. The number of halogens is 4. The first-order valence-corrected chi connectivity index (χ1v) is 15.1. The summed E-state index contributed by atoms with van der Waals surface area (Å²) in [4.78, 5) is 50.7. The number of nitrogens with zero attached hydrogens (tertiary/aromatic N) is 8. The van der Waals surface area contributed by atoms with E-state index in [1.807, 2.05) is 11.9 Å². The van der Waals surface area contributed by atoms with E-state index in [0.717, 1.165) is 25.9 Å². The summed E-state index contributed by atoms with van der Waals surface area (Å²) in [7, 11) is 3.48. The van der Waals surface area contributed by atoms with Crippen molar-refractivity contribution in [2.24, 2.45) is 7.05 Å². The number of imidazole rings is 1. The first-order chi connectivity index (χ1) is 21.4. The number of hydrogen-bond acceptors (Lipinski definition) is 6. The molecule has 0 bridgehead atoms. The number of hydrogen-bond donors (Lipinski definition) is 1. The topological polar surface area (TPSA) is 112 Å². The van der Waals surface area contributed by atoms with Crippen LogP contribution in [-0.2, 0) is 13.2 Å². The SMILES string of the molecule is CN1CCN(C(=O)N2CCN(C(=O)c3ccc(NC(=O)c4ncc(-c5cn(C6CC6)nc5C(F)(F)F)n4C)cc3Cl)CC2)CC1. The maximum atomic E-state index is 13.7. The summed E-state index contributed by atoms with van der Waals surface area (Å²) in [6.07, 6.45) is -0.586. The summed E-state index contributed by atoms with van der Waals surface area (Å²) >= 11 is 6.46. The van der Waals surface area contributed by atoms with Gasteiger partial charge in [0.15, 0.2) is 11.5 Å². The molecule has 0 unspecified atom stereocenters. The number of carbonyl (C=O) groups is 3. The summed E-state index contributed by atoms with van der Waals surface area (Å²) in [6.45, 7) is 4.59. The number of aromatic nitrogens is 4. The molecule has 6 rings (SSSR count). The van der Waals surface area contributed by atoms with Crippen molar-refractivity contribution < 1.29 is 27.6 Å². The maximum absolute atomic E-state index is 13.7. The number of amides is 4. The van der Waals surface area contributed by atoms with Crippen molar-refractivity contribution in [1.82, 2.24) is 38.9 Å². The number of nitrogens with one attached hydrogen (secondary N) is 1. The molecule has 0 radical (unpaired) electrons. The summed E-state index contributed by atoms with van der Waals surface area (Å²) in [6, 6.07) is 4.40. The molecule has 1 saturated carbocycles. The van der Waals surface area contributed by atoms with Crippen LogP contribution in [-0.4, -0.2) is 116 Å². The molecule has 16 heteroatoms. The Morgan fingerprint density at radius 1 is 0.933 bits per heavy atom. The van der Waals surface area contributed by atoms with Crippen molar-refractivity contribution in [3.05, 3.63) is 52.7 Å². The van der Waals surface area contributed by atoms with Gasteiger partial charge in [-0.1, -0.05) is 11.6 Å². The lowest BCUT2D eigenvalue weighted by Crippen LogP contribution is -2.57. The highest BCUT2D eigenvalue weighted by Gasteiger charge is 2.40. The van der Waals surface area contributed by atoms with Crippen LogP contribution in [0.4, 0.5) is 23.7 Å². The summed E-state index contributed by atoms with van der Waals surface area (Å²) in [5.41, 5.74) is -0.548. The van der Waals surface area contributed by atoms with Crippen LogP contribution in [0.5, 0.6) is 0 Å². The van der Waals surface area contributed by atoms with Crippen molar-refractivity contribution in [3.8, 4) is 11.3 Å². The lowest BCUT2D eigenvalue weighted by atomic mass is 10.1. The molecule has 2 aromatic heterocycles. The van der Waals surface area contributed by atoms with E-state index < -0.39 is 17.8 Å². The third kappa shape index (κ3) is 6.36. The molecule has 2 aliphatic heterocycles. The minimum absolute atomic E-state index is 0.0118. The smallest absolute Gasteiger partial charge is 0.335 e. The van der Waals surface area contributed by atoms with Crippen LogP contribution in [0, 0.1) is 0 Å². The number of benzene rings is 1. The van der Waals surface area contributed by atoms with Crippen molar-refractivity contribution >= 4 is 35.1 Å². The maximum Gasteiger partial charge on any atom is 0.435 e. The molecule has 3 aliphatic rings. The van der Waals surface area contributed by atoms with E-state index in [2.05, 4.69) is 20.3 Å². The van der Waals surface area contributed by atoms with Gasteiger partial charge >= 0.3 is 12.2 Å². The number of piperazine rings is 2. The van der Waals surface area contributed by atoms with Gasteiger partial charge in [-0.05, 0) is 38.1 Å². The van der Waals surface area contributed by atoms with Gasteiger partial charge in [0, 0.05) is 71.3 Å². The second kappa shape index (κ2) is 12.0. The van der Waals surface area contributed by atoms with E-state index in [4.69, 9.17) is 11.6 Å². The van der Waals surface area contributed by atoms with Gasteiger partial charge < -0.3 is 29.5 Å². The summed E-state index contributed by atoms with van der Waals surface area (Å²) in [5.74, 6) is -1.06. The van der Waals surface area contributed by atoms with Crippen LogP contribution in [0.2, 0.25) is 5.02 Å². The van der Waals surface area contributed by atoms with E-state index in [-0.39, 0.29) is 51.3 Å². The van der Waals surface area contributed by atoms with E-state index in [1.54, 1.807) is 9.80 Å². The highest BCUT2D eigenvalue weighted by Crippen LogP contribution is 2.41. The summed E-state index contributed by atoms with van der Waals surface area (Å²) < 4.78 is 43.9. The molecule has 3 aromatic rings. The largest absolute Gasteiger partial charge is 0.435 e. The molecule has 1 aromatic carbocycles. The molecular formula is C29H33ClF3N9O3. The van der Waals surface area contributed by atoms with Gasteiger partial charge in [0.2, 0.25) is 0 Å². The minimum atomic E-state index is -4.67. The Labute approximate surface area is 262 Å². The Morgan fingerprint density at radius 2 is 1.56 bits per heavy atom. The fourth-order valence-corrected chi connectivity index (χ4v) is 5.87.